The zero-order chi connectivity index (χ0) is 16.1. The van der Waals surface area contributed by atoms with Crippen molar-refractivity contribution in [2.45, 2.75) is 44.8 Å². The Kier molecular flexibility index (Phi) is 3.47. The molecule has 22 heavy (non-hydrogen) atoms. The van der Waals surface area contributed by atoms with Crippen LogP contribution in [0.4, 0.5) is 4.79 Å². The summed E-state index contributed by atoms with van der Waals surface area (Å²) in [6.07, 6.45) is 5.39. The number of hydrogen-bond donors (Lipinski definition) is 0. The first-order valence-electron chi connectivity index (χ1n) is 7.33. The molecule has 6 heteroatoms. The van der Waals surface area contributed by atoms with Crippen LogP contribution in [0.5, 0.6) is 0 Å². The van der Waals surface area contributed by atoms with Crippen LogP contribution in [0.2, 0.25) is 0 Å². The lowest BCUT2D eigenvalue weighted by molar-refractivity contribution is 0.0185. The number of imidazole rings is 1. The highest BCUT2D eigenvalue weighted by atomic mass is 79.9. The molecule has 2 aromatic rings. The first-order chi connectivity index (χ1) is 10.2. The van der Waals surface area contributed by atoms with Gasteiger partial charge in [-0.25, -0.2) is 9.78 Å². The van der Waals surface area contributed by atoms with E-state index in [0.717, 1.165) is 28.7 Å². The number of fused-ring (bicyclic) bond motifs is 1. The molecule has 118 valence electrons. The molecule has 1 aliphatic rings. The SMILES string of the molecule is CN(C(=O)OC(C)(C)C)C1(c2cnc3ccc(Br)cn23)CC1. The predicted molar refractivity (Wildman–Crippen MR) is 87.8 cm³/mol. The van der Waals surface area contributed by atoms with Gasteiger partial charge in [0.25, 0.3) is 0 Å². The molecule has 0 aliphatic heterocycles. The van der Waals surface area contributed by atoms with Gasteiger partial charge in [0.15, 0.2) is 0 Å². The van der Waals surface area contributed by atoms with Gasteiger partial charge < -0.3 is 9.14 Å². The van der Waals surface area contributed by atoms with Crippen molar-refractivity contribution in [1.29, 1.82) is 0 Å². The van der Waals surface area contributed by atoms with Crippen LogP contribution in [-0.2, 0) is 10.3 Å². The molecule has 0 atom stereocenters. The van der Waals surface area contributed by atoms with E-state index in [1.807, 2.05) is 49.7 Å². The number of halogens is 1. The second kappa shape index (κ2) is 4.98. The Balaban J connectivity index is 1.95. The Hall–Kier alpha value is -1.56. The maximum Gasteiger partial charge on any atom is 0.410 e. The van der Waals surface area contributed by atoms with Gasteiger partial charge in [-0.3, -0.25) is 4.90 Å². The molecule has 0 saturated heterocycles. The molecule has 1 aliphatic carbocycles. The minimum Gasteiger partial charge on any atom is -0.444 e. The van der Waals surface area contributed by atoms with Gasteiger partial charge in [0.1, 0.15) is 11.2 Å². The van der Waals surface area contributed by atoms with Gasteiger partial charge in [-0.2, -0.15) is 0 Å². The summed E-state index contributed by atoms with van der Waals surface area (Å²) in [5.41, 5.74) is 1.09. The van der Waals surface area contributed by atoms with E-state index in [0.29, 0.717) is 0 Å². The normalized spacial score (nSPS) is 16.6. The Morgan fingerprint density at radius 2 is 2.09 bits per heavy atom. The third-order valence-corrected chi connectivity index (χ3v) is 4.45. The lowest BCUT2D eigenvalue weighted by Gasteiger charge is -2.30. The second-order valence-electron chi connectivity index (χ2n) is 6.79. The maximum atomic E-state index is 12.4. The smallest absolute Gasteiger partial charge is 0.410 e. The van der Waals surface area contributed by atoms with E-state index < -0.39 is 5.60 Å². The Bertz CT molecular complexity index is 729. The third kappa shape index (κ3) is 2.60. The summed E-state index contributed by atoms with van der Waals surface area (Å²) in [6, 6.07) is 3.92. The molecule has 1 saturated carbocycles. The first kappa shape index (κ1) is 15.3. The Morgan fingerprint density at radius 1 is 1.41 bits per heavy atom. The summed E-state index contributed by atoms with van der Waals surface area (Å²) >= 11 is 3.49. The van der Waals surface area contributed by atoms with Crippen LogP contribution >= 0.6 is 15.9 Å². The van der Waals surface area contributed by atoms with E-state index in [-0.39, 0.29) is 11.6 Å². The molecule has 0 unspecified atom stereocenters. The number of ether oxygens (including phenoxy) is 1. The van der Waals surface area contributed by atoms with E-state index in [9.17, 15) is 4.79 Å². The van der Waals surface area contributed by atoms with Crippen molar-refractivity contribution in [2.75, 3.05) is 7.05 Å². The van der Waals surface area contributed by atoms with Crippen molar-refractivity contribution in [3.63, 3.8) is 0 Å². The zero-order valence-corrected chi connectivity index (χ0v) is 14.8. The van der Waals surface area contributed by atoms with Crippen LogP contribution in [0.1, 0.15) is 39.3 Å². The van der Waals surface area contributed by atoms with Crippen molar-refractivity contribution in [3.8, 4) is 0 Å². The number of carbonyl (C=O) groups is 1. The number of carbonyl (C=O) groups excluding carboxylic acids is 1. The van der Waals surface area contributed by atoms with E-state index in [4.69, 9.17) is 4.74 Å². The summed E-state index contributed by atoms with van der Waals surface area (Å²) in [5, 5.41) is 0. The summed E-state index contributed by atoms with van der Waals surface area (Å²) in [6.45, 7) is 5.64. The third-order valence-electron chi connectivity index (χ3n) is 3.98. The van der Waals surface area contributed by atoms with Crippen LogP contribution in [0, 0.1) is 0 Å². The summed E-state index contributed by atoms with van der Waals surface area (Å²) < 4.78 is 8.53. The highest BCUT2D eigenvalue weighted by Gasteiger charge is 2.53. The molecular weight excluding hydrogens is 346 g/mol. The van der Waals surface area contributed by atoms with Gasteiger partial charge in [-0.1, -0.05) is 0 Å². The highest BCUT2D eigenvalue weighted by molar-refractivity contribution is 9.10. The lowest BCUT2D eigenvalue weighted by Crippen LogP contribution is -2.41. The van der Waals surface area contributed by atoms with E-state index in [1.165, 1.54) is 0 Å². The van der Waals surface area contributed by atoms with Crippen molar-refractivity contribution >= 4 is 27.7 Å². The molecule has 5 nitrogen and oxygen atoms in total. The first-order valence-corrected chi connectivity index (χ1v) is 8.12. The molecule has 0 spiro atoms. The molecule has 0 radical (unpaired) electrons. The van der Waals surface area contributed by atoms with Crippen LogP contribution in [0.25, 0.3) is 5.65 Å². The second-order valence-corrected chi connectivity index (χ2v) is 7.71. The number of nitrogens with zero attached hydrogens (tertiary/aromatic N) is 3. The van der Waals surface area contributed by atoms with Gasteiger partial charge in [0.05, 0.1) is 17.4 Å². The fraction of sp³-hybridized carbons (Fsp3) is 0.500. The van der Waals surface area contributed by atoms with Gasteiger partial charge in [0.2, 0.25) is 0 Å². The van der Waals surface area contributed by atoms with Crippen molar-refractivity contribution in [3.05, 3.63) is 34.7 Å². The van der Waals surface area contributed by atoms with Gasteiger partial charge in [-0.15, -0.1) is 0 Å². The monoisotopic (exact) mass is 365 g/mol. The van der Waals surface area contributed by atoms with Crippen LogP contribution in [-0.4, -0.2) is 33.0 Å². The fourth-order valence-electron chi connectivity index (χ4n) is 2.69. The zero-order valence-electron chi connectivity index (χ0n) is 13.3. The lowest BCUT2D eigenvalue weighted by atomic mass is 10.1. The molecular formula is C16H20BrN3O2. The summed E-state index contributed by atoms with van der Waals surface area (Å²) in [7, 11) is 1.80. The average molecular weight is 366 g/mol. The van der Waals surface area contributed by atoms with Crippen LogP contribution in [0.3, 0.4) is 0 Å². The van der Waals surface area contributed by atoms with Crippen molar-refractivity contribution in [1.82, 2.24) is 14.3 Å². The molecule has 2 heterocycles. The van der Waals surface area contributed by atoms with Crippen molar-refractivity contribution in [2.24, 2.45) is 0 Å². The number of rotatable bonds is 2. The van der Waals surface area contributed by atoms with E-state index in [2.05, 4.69) is 20.9 Å². The standard InChI is InChI=1S/C16H20BrN3O2/c1-15(2,3)22-14(21)19(4)16(7-8-16)12-9-18-13-6-5-11(17)10-20(12)13/h5-6,9-10H,7-8H2,1-4H3. The quantitative estimate of drug-likeness (QED) is 0.809. The molecule has 1 amide bonds. The van der Waals surface area contributed by atoms with Crippen molar-refractivity contribution < 1.29 is 9.53 Å². The number of amides is 1. The van der Waals surface area contributed by atoms with Crippen LogP contribution < -0.4 is 0 Å². The van der Waals surface area contributed by atoms with E-state index >= 15 is 0 Å². The summed E-state index contributed by atoms with van der Waals surface area (Å²) in [4.78, 5) is 18.6. The molecule has 1 fully saturated rings. The predicted octanol–water partition coefficient (Wildman–Crippen LogP) is 3.95. The highest BCUT2D eigenvalue weighted by Crippen LogP contribution is 2.50. The van der Waals surface area contributed by atoms with E-state index in [1.54, 1.807) is 11.9 Å². The number of pyridine rings is 1. The molecule has 0 bridgehead atoms. The fourth-order valence-corrected chi connectivity index (χ4v) is 3.02. The molecule has 0 N–H and O–H groups in total. The largest absolute Gasteiger partial charge is 0.444 e. The minimum atomic E-state index is -0.496. The Labute approximate surface area is 138 Å². The minimum absolute atomic E-state index is 0.296. The molecule has 2 aromatic heterocycles. The molecule has 3 rings (SSSR count). The number of aromatic nitrogens is 2. The maximum absolute atomic E-state index is 12.4. The average Bonchev–Trinajstić information content (AvgIpc) is 3.10. The van der Waals surface area contributed by atoms with Gasteiger partial charge >= 0.3 is 6.09 Å². The van der Waals surface area contributed by atoms with Gasteiger partial charge in [-0.05, 0) is 61.7 Å². The topological polar surface area (TPSA) is 46.8 Å². The summed E-state index contributed by atoms with van der Waals surface area (Å²) in [5.74, 6) is 0. The van der Waals surface area contributed by atoms with Gasteiger partial charge in [0, 0.05) is 17.7 Å². The number of hydrogen-bond acceptors (Lipinski definition) is 3. The Morgan fingerprint density at radius 3 is 2.68 bits per heavy atom. The van der Waals surface area contributed by atoms with Crippen LogP contribution in [0.15, 0.2) is 29.0 Å². The molecule has 0 aromatic carbocycles.